The molecule has 3 N–H and O–H groups in total. The molecule has 8 heteroatoms. The lowest BCUT2D eigenvalue weighted by molar-refractivity contribution is -0.148. The summed E-state index contributed by atoms with van der Waals surface area (Å²) in [4.78, 5) is 25.1. The third-order valence-corrected chi connectivity index (χ3v) is 4.91. The van der Waals surface area contributed by atoms with Gasteiger partial charge in [0.2, 0.25) is 0 Å². The summed E-state index contributed by atoms with van der Waals surface area (Å²) in [6.45, 7) is 1.50. The van der Waals surface area contributed by atoms with Crippen molar-refractivity contribution in [1.29, 1.82) is 0 Å². The molecule has 0 aromatic carbocycles. The Labute approximate surface area is 147 Å². The first-order valence-electron chi connectivity index (χ1n) is 8.34. The number of aromatic amines is 1. The van der Waals surface area contributed by atoms with Gasteiger partial charge in [-0.1, -0.05) is 25.7 Å². The molecule has 24 heavy (non-hydrogen) atoms. The van der Waals surface area contributed by atoms with Crippen LogP contribution in [0.5, 0.6) is 0 Å². The molecule has 1 fully saturated rings. The third kappa shape index (κ3) is 3.57. The van der Waals surface area contributed by atoms with Crippen LogP contribution >= 0.6 is 12.4 Å². The fraction of sp³-hybridized carbons (Fsp3) is 0.688. The van der Waals surface area contributed by atoms with Crippen molar-refractivity contribution in [3.63, 3.8) is 0 Å². The number of rotatable bonds is 3. The summed E-state index contributed by atoms with van der Waals surface area (Å²) < 4.78 is 4.99. The average molecular weight is 357 g/mol. The molecular weight excluding hydrogens is 332 g/mol. The molecule has 2 aliphatic rings. The van der Waals surface area contributed by atoms with E-state index in [2.05, 4.69) is 20.8 Å². The van der Waals surface area contributed by atoms with Gasteiger partial charge in [0.15, 0.2) is 5.69 Å². The highest BCUT2D eigenvalue weighted by Gasteiger charge is 2.42. The first-order valence-corrected chi connectivity index (χ1v) is 8.34. The fourth-order valence-corrected chi connectivity index (χ4v) is 3.60. The van der Waals surface area contributed by atoms with E-state index in [0.29, 0.717) is 25.1 Å². The lowest BCUT2D eigenvalue weighted by Crippen LogP contribution is -2.55. The van der Waals surface area contributed by atoms with Crippen molar-refractivity contribution in [3.05, 3.63) is 17.0 Å². The lowest BCUT2D eigenvalue weighted by Gasteiger charge is -2.30. The molecule has 3 rings (SSSR count). The summed E-state index contributed by atoms with van der Waals surface area (Å²) in [6, 6.07) is 0. The Kier molecular flexibility index (Phi) is 6.23. The first kappa shape index (κ1) is 18.7. The zero-order chi connectivity index (χ0) is 16.3. The van der Waals surface area contributed by atoms with E-state index in [9.17, 15) is 9.59 Å². The summed E-state index contributed by atoms with van der Waals surface area (Å²) in [6.07, 6.45) is 6.06. The number of amides is 1. The van der Waals surface area contributed by atoms with Crippen LogP contribution in [-0.2, 0) is 22.5 Å². The summed E-state index contributed by atoms with van der Waals surface area (Å²) >= 11 is 0. The van der Waals surface area contributed by atoms with Crippen molar-refractivity contribution >= 4 is 24.3 Å². The van der Waals surface area contributed by atoms with Crippen LogP contribution in [0.25, 0.3) is 0 Å². The largest absolute Gasteiger partial charge is 0.467 e. The Morgan fingerprint density at radius 1 is 1.21 bits per heavy atom. The molecule has 1 amide bonds. The molecule has 0 spiro atoms. The average Bonchev–Trinajstić information content (AvgIpc) is 2.87. The molecule has 134 valence electrons. The quantitative estimate of drug-likeness (QED) is 0.563. The van der Waals surface area contributed by atoms with Gasteiger partial charge in [0.05, 0.1) is 7.11 Å². The minimum atomic E-state index is -0.920. The van der Waals surface area contributed by atoms with Crippen molar-refractivity contribution < 1.29 is 14.3 Å². The Hall–Kier alpha value is -1.60. The number of hydrogen-bond donors (Lipinski definition) is 3. The maximum atomic E-state index is 12.8. The second-order valence-electron chi connectivity index (χ2n) is 6.40. The number of carbonyl (C=O) groups excluding carboxylic acids is 2. The van der Waals surface area contributed by atoms with Crippen molar-refractivity contribution in [2.24, 2.45) is 0 Å². The van der Waals surface area contributed by atoms with Gasteiger partial charge in [-0.3, -0.25) is 9.89 Å². The van der Waals surface area contributed by atoms with E-state index in [0.717, 1.165) is 49.9 Å². The number of hydrogen-bond acceptors (Lipinski definition) is 5. The summed E-state index contributed by atoms with van der Waals surface area (Å²) in [5.74, 6) is -0.645. The van der Waals surface area contributed by atoms with Gasteiger partial charge in [-0.2, -0.15) is 5.10 Å². The smallest absolute Gasteiger partial charge is 0.331 e. The van der Waals surface area contributed by atoms with Crippen LogP contribution in [-0.4, -0.2) is 41.3 Å². The second kappa shape index (κ2) is 7.98. The highest BCUT2D eigenvalue weighted by atomic mass is 35.5. The van der Waals surface area contributed by atoms with Gasteiger partial charge >= 0.3 is 5.97 Å². The van der Waals surface area contributed by atoms with Gasteiger partial charge in [-0.15, -0.1) is 12.4 Å². The normalized spacial score (nSPS) is 19.4. The predicted octanol–water partition coefficient (Wildman–Crippen LogP) is 1.47. The van der Waals surface area contributed by atoms with E-state index in [1.165, 1.54) is 7.11 Å². The zero-order valence-corrected chi connectivity index (χ0v) is 14.8. The van der Waals surface area contributed by atoms with Crippen molar-refractivity contribution in [2.75, 3.05) is 13.7 Å². The summed E-state index contributed by atoms with van der Waals surface area (Å²) in [5.41, 5.74) is 1.37. The number of H-pyrrole nitrogens is 1. The third-order valence-electron chi connectivity index (χ3n) is 4.91. The van der Waals surface area contributed by atoms with Crippen LogP contribution in [0.2, 0.25) is 0 Å². The van der Waals surface area contributed by atoms with E-state index in [-0.39, 0.29) is 24.3 Å². The van der Waals surface area contributed by atoms with E-state index in [1.54, 1.807) is 0 Å². The SMILES string of the molecule is COC(=O)C1(NC(=O)c2n[nH]c3c2CNCC3)CCCCCC1.Cl. The monoisotopic (exact) mass is 356 g/mol. The maximum absolute atomic E-state index is 12.8. The van der Waals surface area contributed by atoms with E-state index in [1.807, 2.05) is 0 Å². The Morgan fingerprint density at radius 2 is 1.92 bits per heavy atom. The minimum absolute atomic E-state index is 0. The van der Waals surface area contributed by atoms with Crippen molar-refractivity contribution in [1.82, 2.24) is 20.8 Å². The number of fused-ring (bicyclic) bond motifs is 1. The number of halogens is 1. The van der Waals surface area contributed by atoms with E-state index < -0.39 is 5.54 Å². The Bertz CT molecular complexity index is 594. The summed E-state index contributed by atoms with van der Waals surface area (Å²) in [7, 11) is 1.38. The number of nitrogens with one attached hydrogen (secondary N) is 3. The predicted molar refractivity (Wildman–Crippen MR) is 91.2 cm³/mol. The Morgan fingerprint density at radius 3 is 2.58 bits per heavy atom. The van der Waals surface area contributed by atoms with Gasteiger partial charge in [-0.05, 0) is 12.8 Å². The molecule has 1 aromatic heterocycles. The van der Waals surface area contributed by atoms with Gasteiger partial charge in [0.25, 0.3) is 5.91 Å². The molecule has 1 saturated carbocycles. The second-order valence-corrected chi connectivity index (χ2v) is 6.40. The molecule has 0 unspecified atom stereocenters. The van der Waals surface area contributed by atoms with Crippen molar-refractivity contribution in [3.8, 4) is 0 Å². The van der Waals surface area contributed by atoms with Crippen LogP contribution in [0.1, 0.15) is 60.3 Å². The fourth-order valence-electron chi connectivity index (χ4n) is 3.60. The highest BCUT2D eigenvalue weighted by molar-refractivity contribution is 5.98. The number of nitrogens with zero attached hydrogens (tertiary/aromatic N) is 1. The van der Waals surface area contributed by atoms with Crippen LogP contribution in [0.3, 0.4) is 0 Å². The van der Waals surface area contributed by atoms with Gasteiger partial charge in [0.1, 0.15) is 5.54 Å². The highest BCUT2D eigenvalue weighted by Crippen LogP contribution is 2.29. The molecular formula is C16H25ClN4O3. The number of methoxy groups -OCH3 is 1. The zero-order valence-electron chi connectivity index (χ0n) is 13.9. The topological polar surface area (TPSA) is 96.1 Å². The summed E-state index contributed by atoms with van der Waals surface area (Å²) in [5, 5.41) is 13.3. The molecule has 2 heterocycles. The van der Waals surface area contributed by atoms with Crippen LogP contribution in [0.15, 0.2) is 0 Å². The Balaban J connectivity index is 0.00000208. The van der Waals surface area contributed by atoms with Crippen LogP contribution in [0.4, 0.5) is 0 Å². The number of ether oxygens (including phenoxy) is 1. The minimum Gasteiger partial charge on any atom is -0.467 e. The maximum Gasteiger partial charge on any atom is 0.331 e. The van der Waals surface area contributed by atoms with Gasteiger partial charge < -0.3 is 15.4 Å². The van der Waals surface area contributed by atoms with E-state index >= 15 is 0 Å². The van der Waals surface area contributed by atoms with Gasteiger partial charge in [0, 0.05) is 30.8 Å². The number of aromatic nitrogens is 2. The molecule has 0 saturated heterocycles. The standard InChI is InChI=1S/C16H24N4O3.ClH/c1-23-15(22)16(7-4-2-3-5-8-16)18-14(21)13-11-10-17-9-6-12(11)19-20-13;/h17H,2-10H2,1H3,(H,18,21)(H,19,20);1H. The van der Waals surface area contributed by atoms with Crippen molar-refractivity contribution in [2.45, 2.75) is 57.0 Å². The van der Waals surface area contributed by atoms with E-state index in [4.69, 9.17) is 4.74 Å². The van der Waals surface area contributed by atoms with Crippen LogP contribution in [0, 0.1) is 0 Å². The lowest BCUT2D eigenvalue weighted by atomic mass is 9.89. The number of carbonyl (C=O) groups is 2. The molecule has 7 nitrogen and oxygen atoms in total. The van der Waals surface area contributed by atoms with Crippen LogP contribution < -0.4 is 10.6 Å². The molecule has 1 aliphatic heterocycles. The molecule has 0 bridgehead atoms. The number of esters is 1. The molecule has 1 aromatic rings. The molecule has 0 radical (unpaired) electrons. The molecule has 0 atom stereocenters. The first-order chi connectivity index (χ1) is 11.2. The molecule has 1 aliphatic carbocycles. The van der Waals surface area contributed by atoms with Gasteiger partial charge in [-0.25, -0.2) is 4.79 Å².